The van der Waals surface area contributed by atoms with Crippen molar-refractivity contribution in [3.05, 3.63) is 70.9 Å². The molecule has 0 aliphatic rings. The highest BCUT2D eigenvalue weighted by molar-refractivity contribution is 6.30. The second-order valence-corrected chi connectivity index (χ2v) is 7.09. The summed E-state index contributed by atoms with van der Waals surface area (Å²) in [5, 5.41) is 4.93. The second-order valence-electron chi connectivity index (χ2n) is 6.65. The van der Waals surface area contributed by atoms with Gasteiger partial charge in [0.1, 0.15) is 0 Å². The van der Waals surface area contributed by atoms with Gasteiger partial charge in [0.2, 0.25) is 5.91 Å². The fourth-order valence-corrected chi connectivity index (χ4v) is 3.47. The Morgan fingerprint density at radius 2 is 1.88 bits per heavy atom. The summed E-state index contributed by atoms with van der Waals surface area (Å²) in [4.78, 5) is 15.9. The van der Waals surface area contributed by atoms with Crippen LogP contribution in [-0.4, -0.2) is 17.4 Å². The molecule has 1 amide bonds. The number of fused-ring (bicyclic) bond motifs is 1. The van der Waals surface area contributed by atoms with Crippen molar-refractivity contribution >= 4 is 28.4 Å². The van der Waals surface area contributed by atoms with Crippen LogP contribution >= 0.6 is 11.6 Å². The minimum absolute atomic E-state index is 0.00501. The van der Waals surface area contributed by atoms with E-state index in [1.165, 1.54) is 0 Å². The number of aromatic amines is 1. The van der Waals surface area contributed by atoms with Gasteiger partial charge in [-0.25, -0.2) is 0 Å². The lowest BCUT2D eigenvalue weighted by Crippen LogP contribution is -2.26. The highest BCUT2D eigenvalue weighted by Crippen LogP contribution is 2.33. The average molecular weight is 369 g/mol. The maximum atomic E-state index is 12.5. The fraction of sp³-hybridized carbons (Fsp3) is 0.318. The van der Waals surface area contributed by atoms with E-state index in [0.717, 1.165) is 47.8 Å². The van der Waals surface area contributed by atoms with E-state index in [9.17, 15) is 4.79 Å². The van der Waals surface area contributed by atoms with Crippen molar-refractivity contribution in [2.75, 3.05) is 6.54 Å². The Morgan fingerprint density at radius 1 is 1.12 bits per heavy atom. The summed E-state index contributed by atoms with van der Waals surface area (Å²) in [7, 11) is 0. The van der Waals surface area contributed by atoms with Crippen molar-refractivity contribution in [3.63, 3.8) is 0 Å². The molecule has 0 unspecified atom stereocenters. The van der Waals surface area contributed by atoms with Gasteiger partial charge in [0, 0.05) is 41.0 Å². The molecule has 0 spiro atoms. The van der Waals surface area contributed by atoms with Gasteiger partial charge >= 0.3 is 0 Å². The number of rotatable bonds is 8. The van der Waals surface area contributed by atoms with Crippen LogP contribution in [0, 0.1) is 0 Å². The lowest BCUT2D eigenvalue weighted by Gasteiger charge is -2.17. The first-order valence-corrected chi connectivity index (χ1v) is 9.65. The van der Waals surface area contributed by atoms with Gasteiger partial charge < -0.3 is 10.3 Å². The van der Waals surface area contributed by atoms with E-state index >= 15 is 0 Å². The van der Waals surface area contributed by atoms with Crippen LogP contribution in [0.5, 0.6) is 0 Å². The lowest BCUT2D eigenvalue weighted by atomic mass is 9.88. The highest BCUT2D eigenvalue weighted by atomic mass is 35.5. The van der Waals surface area contributed by atoms with Crippen LogP contribution < -0.4 is 5.32 Å². The Morgan fingerprint density at radius 3 is 2.65 bits per heavy atom. The van der Waals surface area contributed by atoms with Crippen molar-refractivity contribution in [2.45, 2.75) is 38.5 Å². The maximum absolute atomic E-state index is 12.5. The van der Waals surface area contributed by atoms with Crippen molar-refractivity contribution in [1.82, 2.24) is 10.3 Å². The normalized spacial score (nSPS) is 12.2. The van der Waals surface area contributed by atoms with Gasteiger partial charge in [-0.05, 0) is 35.7 Å². The number of amides is 1. The zero-order chi connectivity index (χ0) is 18.4. The molecule has 2 N–H and O–H groups in total. The standard InChI is InChI=1S/C22H25ClN2O/c1-2-3-6-13-24-22(26)14-19(16-9-11-17(23)12-10-16)20-15-25-21-8-5-4-7-18(20)21/h4-5,7-12,15,19,25H,2-3,6,13-14H2,1H3,(H,24,26)/t19-/m0/s1. The molecule has 1 heterocycles. The Hall–Kier alpha value is -2.26. The Labute approximate surface area is 159 Å². The second kappa shape index (κ2) is 8.91. The first-order chi connectivity index (χ1) is 12.7. The van der Waals surface area contributed by atoms with Crippen molar-refractivity contribution in [1.29, 1.82) is 0 Å². The van der Waals surface area contributed by atoms with Crippen molar-refractivity contribution in [3.8, 4) is 0 Å². The van der Waals surface area contributed by atoms with Gasteiger partial charge in [-0.1, -0.05) is 61.7 Å². The monoisotopic (exact) mass is 368 g/mol. The summed E-state index contributed by atoms with van der Waals surface area (Å²) in [5.41, 5.74) is 3.33. The minimum atomic E-state index is -0.00501. The molecule has 136 valence electrons. The van der Waals surface area contributed by atoms with Crippen LogP contribution in [0.25, 0.3) is 10.9 Å². The molecule has 3 aromatic rings. The number of halogens is 1. The number of unbranched alkanes of at least 4 members (excludes halogenated alkanes) is 2. The molecule has 0 bridgehead atoms. The van der Waals surface area contributed by atoms with E-state index in [2.05, 4.69) is 29.4 Å². The molecule has 2 aromatic carbocycles. The van der Waals surface area contributed by atoms with E-state index in [4.69, 9.17) is 11.6 Å². The lowest BCUT2D eigenvalue weighted by molar-refractivity contribution is -0.121. The number of hydrogen-bond donors (Lipinski definition) is 2. The van der Waals surface area contributed by atoms with Crippen LogP contribution in [0.4, 0.5) is 0 Å². The quantitative estimate of drug-likeness (QED) is 0.496. The van der Waals surface area contributed by atoms with Crippen LogP contribution in [0.1, 0.15) is 49.7 Å². The number of aromatic nitrogens is 1. The van der Waals surface area contributed by atoms with Gasteiger partial charge in [-0.15, -0.1) is 0 Å². The van der Waals surface area contributed by atoms with Gasteiger partial charge in [-0.3, -0.25) is 4.79 Å². The summed E-state index contributed by atoms with van der Waals surface area (Å²) in [5.74, 6) is 0.0842. The average Bonchev–Trinajstić information content (AvgIpc) is 3.08. The predicted molar refractivity (Wildman–Crippen MR) is 109 cm³/mol. The predicted octanol–water partition coefficient (Wildman–Crippen LogP) is 5.65. The third-order valence-corrected chi connectivity index (χ3v) is 5.01. The largest absolute Gasteiger partial charge is 0.361 e. The third kappa shape index (κ3) is 4.47. The first-order valence-electron chi connectivity index (χ1n) is 9.27. The van der Waals surface area contributed by atoms with Gasteiger partial charge in [0.15, 0.2) is 0 Å². The Balaban J connectivity index is 1.85. The summed E-state index contributed by atoms with van der Waals surface area (Å²) < 4.78 is 0. The zero-order valence-electron chi connectivity index (χ0n) is 15.1. The topological polar surface area (TPSA) is 44.9 Å². The fourth-order valence-electron chi connectivity index (χ4n) is 3.35. The number of nitrogens with one attached hydrogen (secondary N) is 2. The number of carbonyl (C=O) groups is 1. The number of hydrogen-bond acceptors (Lipinski definition) is 1. The van der Waals surface area contributed by atoms with Gasteiger partial charge in [-0.2, -0.15) is 0 Å². The SMILES string of the molecule is CCCCCNC(=O)C[C@@H](c1ccc(Cl)cc1)c1c[nH]c2ccccc12. The Kier molecular flexibility index (Phi) is 6.35. The molecule has 3 nitrogen and oxygen atoms in total. The summed E-state index contributed by atoms with van der Waals surface area (Å²) in [6.45, 7) is 2.91. The number of benzene rings is 2. The molecule has 1 aromatic heterocycles. The molecule has 3 rings (SSSR count). The van der Waals surface area contributed by atoms with Crippen LogP contribution in [-0.2, 0) is 4.79 Å². The van der Waals surface area contributed by atoms with E-state index in [1.807, 2.05) is 42.6 Å². The van der Waals surface area contributed by atoms with E-state index in [0.29, 0.717) is 11.4 Å². The highest BCUT2D eigenvalue weighted by Gasteiger charge is 2.21. The van der Waals surface area contributed by atoms with E-state index < -0.39 is 0 Å². The molecule has 0 aliphatic heterocycles. The van der Waals surface area contributed by atoms with Gasteiger partial charge in [0.25, 0.3) is 0 Å². The number of carbonyl (C=O) groups excluding carboxylic acids is 1. The summed E-state index contributed by atoms with van der Waals surface area (Å²) in [6, 6.07) is 16.0. The van der Waals surface area contributed by atoms with Crippen LogP contribution in [0.15, 0.2) is 54.7 Å². The molecule has 0 aliphatic carbocycles. The molecule has 4 heteroatoms. The maximum Gasteiger partial charge on any atom is 0.220 e. The molecular weight excluding hydrogens is 344 g/mol. The number of para-hydroxylation sites is 1. The molecule has 0 saturated carbocycles. The molecule has 0 radical (unpaired) electrons. The third-order valence-electron chi connectivity index (χ3n) is 4.76. The van der Waals surface area contributed by atoms with Crippen molar-refractivity contribution < 1.29 is 4.79 Å². The number of H-pyrrole nitrogens is 1. The first kappa shape index (κ1) is 18.5. The molecule has 1 atom stereocenters. The van der Waals surface area contributed by atoms with E-state index in [1.54, 1.807) is 0 Å². The van der Waals surface area contributed by atoms with E-state index in [-0.39, 0.29) is 11.8 Å². The van der Waals surface area contributed by atoms with Crippen LogP contribution in [0.2, 0.25) is 5.02 Å². The van der Waals surface area contributed by atoms with Crippen molar-refractivity contribution in [2.24, 2.45) is 0 Å². The molecular formula is C22H25ClN2O. The molecule has 0 saturated heterocycles. The van der Waals surface area contributed by atoms with Crippen LogP contribution in [0.3, 0.4) is 0 Å². The smallest absolute Gasteiger partial charge is 0.220 e. The summed E-state index contributed by atoms with van der Waals surface area (Å²) in [6.07, 6.45) is 5.77. The summed E-state index contributed by atoms with van der Waals surface area (Å²) >= 11 is 6.05. The minimum Gasteiger partial charge on any atom is -0.361 e. The van der Waals surface area contributed by atoms with Gasteiger partial charge in [0.05, 0.1) is 0 Å². The zero-order valence-corrected chi connectivity index (χ0v) is 15.9. The molecule has 0 fully saturated rings. The Bertz CT molecular complexity index is 854. The molecule has 26 heavy (non-hydrogen) atoms.